The Morgan fingerprint density at radius 2 is 1.11 bits per heavy atom. The van der Waals surface area contributed by atoms with E-state index in [1.807, 2.05) is 0 Å². The van der Waals surface area contributed by atoms with Crippen LogP contribution >= 0.6 is 0 Å². The lowest BCUT2D eigenvalue weighted by atomic mass is 9.91. The van der Waals surface area contributed by atoms with Crippen LogP contribution in [0.25, 0.3) is 0 Å². The molecular formula is C18H42. The first kappa shape index (κ1) is 23.1. The highest BCUT2D eigenvalue weighted by Crippen LogP contribution is 2.19. The zero-order chi connectivity index (χ0) is 15.2. The van der Waals surface area contributed by atoms with E-state index in [1.165, 1.54) is 32.1 Å². The zero-order valence-electron chi connectivity index (χ0n) is 15.2. The predicted octanol–water partition coefficient (Wildman–Crippen LogP) is 7.33. The van der Waals surface area contributed by atoms with E-state index in [2.05, 4.69) is 69.2 Å². The van der Waals surface area contributed by atoms with Crippen molar-refractivity contribution in [3.8, 4) is 0 Å². The van der Waals surface area contributed by atoms with Crippen LogP contribution in [0.4, 0.5) is 0 Å². The number of hydrogen-bond donors (Lipinski definition) is 0. The molecule has 0 aliphatic carbocycles. The van der Waals surface area contributed by atoms with Crippen LogP contribution in [0.15, 0.2) is 0 Å². The maximum absolute atomic E-state index is 2.27. The lowest BCUT2D eigenvalue weighted by Gasteiger charge is -2.15. The van der Waals surface area contributed by atoms with Crippen molar-refractivity contribution >= 4 is 0 Å². The van der Waals surface area contributed by atoms with Crippen molar-refractivity contribution in [3.05, 3.63) is 0 Å². The summed E-state index contributed by atoms with van der Waals surface area (Å²) in [5.41, 5.74) is 0.550. The first-order valence-corrected chi connectivity index (χ1v) is 8.10. The molecule has 114 valence electrons. The van der Waals surface area contributed by atoms with Gasteiger partial charge < -0.3 is 0 Å². The standard InChI is InChI=1S/C7H16.C6H14.C5H12/c1-5-6-7(2,3)4;1-4-5-6(2)3;1-4-5(2)3/h5-6H2,1-4H3;6H,4-5H2,1-3H3;5H,4H2,1-3H3. The van der Waals surface area contributed by atoms with Gasteiger partial charge in [-0.1, -0.05) is 94.9 Å². The highest BCUT2D eigenvalue weighted by molar-refractivity contribution is 4.58. The van der Waals surface area contributed by atoms with E-state index in [0.29, 0.717) is 5.41 Å². The van der Waals surface area contributed by atoms with E-state index in [1.54, 1.807) is 0 Å². The molecule has 0 unspecified atom stereocenters. The van der Waals surface area contributed by atoms with Crippen LogP contribution in [0, 0.1) is 17.3 Å². The van der Waals surface area contributed by atoms with Crippen LogP contribution in [0.3, 0.4) is 0 Å². The van der Waals surface area contributed by atoms with Gasteiger partial charge in [-0.05, 0) is 23.7 Å². The summed E-state index contributed by atoms with van der Waals surface area (Å²) in [5.74, 6) is 1.78. The van der Waals surface area contributed by atoms with Crippen molar-refractivity contribution in [1.82, 2.24) is 0 Å². The second-order valence-corrected chi connectivity index (χ2v) is 7.30. The molecular weight excluding hydrogens is 216 g/mol. The Kier molecular flexibility index (Phi) is 19.3. The third-order valence-corrected chi connectivity index (χ3v) is 2.68. The summed E-state index contributed by atoms with van der Waals surface area (Å²) < 4.78 is 0. The zero-order valence-corrected chi connectivity index (χ0v) is 15.2. The van der Waals surface area contributed by atoms with Gasteiger partial charge in [0.05, 0.1) is 0 Å². The maximum Gasteiger partial charge on any atom is -0.0383 e. The molecule has 0 radical (unpaired) electrons. The summed E-state index contributed by atoms with van der Waals surface area (Å²) in [7, 11) is 0. The predicted molar refractivity (Wildman–Crippen MR) is 89.2 cm³/mol. The SMILES string of the molecule is CCC(C)C.CCCC(C)(C)C.CCCC(C)C. The summed E-state index contributed by atoms with van der Waals surface area (Å²) >= 11 is 0. The van der Waals surface area contributed by atoms with Crippen LogP contribution in [0.5, 0.6) is 0 Å². The number of rotatable bonds is 4. The van der Waals surface area contributed by atoms with Crippen molar-refractivity contribution in [3.63, 3.8) is 0 Å². The molecule has 0 aliphatic heterocycles. The van der Waals surface area contributed by atoms with Gasteiger partial charge in [-0.2, -0.15) is 0 Å². The van der Waals surface area contributed by atoms with Crippen molar-refractivity contribution < 1.29 is 0 Å². The normalized spacial score (nSPS) is 10.7. The molecule has 0 heteroatoms. The summed E-state index contributed by atoms with van der Waals surface area (Å²) in [5, 5.41) is 0. The maximum atomic E-state index is 2.27. The topological polar surface area (TPSA) is 0 Å². The van der Waals surface area contributed by atoms with Crippen LogP contribution in [0.1, 0.15) is 101 Å². The van der Waals surface area contributed by atoms with Crippen LogP contribution < -0.4 is 0 Å². The molecule has 0 fully saturated rings. The van der Waals surface area contributed by atoms with E-state index in [4.69, 9.17) is 0 Å². The van der Waals surface area contributed by atoms with E-state index in [9.17, 15) is 0 Å². The van der Waals surface area contributed by atoms with E-state index < -0.39 is 0 Å². The Labute approximate surface area is 119 Å². The van der Waals surface area contributed by atoms with Gasteiger partial charge in [0.15, 0.2) is 0 Å². The van der Waals surface area contributed by atoms with Crippen molar-refractivity contribution in [2.45, 2.75) is 101 Å². The first-order valence-electron chi connectivity index (χ1n) is 8.10. The largest absolute Gasteiger partial charge is 0.0654 e. The highest BCUT2D eigenvalue weighted by Gasteiger charge is 2.06. The highest BCUT2D eigenvalue weighted by atomic mass is 14.1. The third-order valence-electron chi connectivity index (χ3n) is 2.68. The molecule has 18 heavy (non-hydrogen) atoms. The summed E-state index contributed by atoms with van der Waals surface area (Å²) in [4.78, 5) is 0. The van der Waals surface area contributed by atoms with Gasteiger partial charge in [0, 0.05) is 0 Å². The van der Waals surface area contributed by atoms with E-state index >= 15 is 0 Å². The van der Waals surface area contributed by atoms with Gasteiger partial charge in [-0.15, -0.1) is 0 Å². The van der Waals surface area contributed by atoms with Gasteiger partial charge in [-0.3, -0.25) is 0 Å². The smallest absolute Gasteiger partial charge is 0.0383 e. The van der Waals surface area contributed by atoms with Gasteiger partial charge in [0.2, 0.25) is 0 Å². The Morgan fingerprint density at radius 1 is 0.722 bits per heavy atom. The fourth-order valence-electron chi connectivity index (χ4n) is 1.33. The van der Waals surface area contributed by atoms with Gasteiger partial charge in [0.1, 0.15) is 0 Å². The molecule has 0 aromatic carbocycles. The Morgan fingerprint density at radius 3 is 1.11 bits per heavy atom. The fraction of sp³-hybridized carbons (Fsp3) is 1.00. The van der Waals surface area contributed by atoms with Crippen LogP contribution in [0.2, 0.25) is 0 Å². The first-order chi connectivity index (χ1) is 8.10. The van der Waals surface area contributed by atoms with Gasteiger partial charge in [0.25, 0.3) is 0 Å². The molecule has 0 atom stereocenters. The molecule has 0 aromatic rings. The molecule has 0 saturated heterocycles. The van der Waals surface area contributed by atoms with Crippen molar-refractivity contribution in [1.29, 1.82) is 0 Å². The molecule has 0 aliphatic rings. The summed E-state index contributed by atoms with van der Waals surface area (Å²) in [6, 6.07) is 0. The molecule has 0 rings (SSSR count). The van der Waals surface area contributed by atoms with Gasteiger partial charge >= 0.3 is 0 Å². The minimum atomic E-state index is 0.550. The minimum Gasteiger partial charge on any atom is -0.0654 e. The average molecular weight is 259 g/mol. The Balaban J connectivity index is -0.000000190. The molecule has 0 bridgehead atoms. The molecule has 0 N–H and O–H groups in total. The minimum absolute atomic E-state index is 0.550. The summed E-state index contributed by atoms with van der Waals surface area (Å²) in [6.45, 7) is 22.4. The summed E-state index contributed by atoms with van der Waals surface area (Å²) in [6.07, 6.45) is 6.66. The average Bonchev–Trinajstić information content (AvgIpc) is 2.17. The third kappa shape index (κ3) is 44.4. The van der Waals surface area contributed by atoms with Crippen LogP contribution in [-0.2, 0) is 0 Å². The van der Waals surface area contributed by atoms with Crippen molar-refractivity contribution in [2.75, 3.05) is 0 Å². The second kappa shape index (κ2) is 15.1. The molecule has 0 nitrogen and oxygen atoms in total. The van der Waals surface area contributed by atoms with Crippen molar-refractivity contribution in [2.24, 2.45) is 17.3 Å². The number of hydrogen-bond acceptors (Lipinski definition) is 0. The van der Waals surface area contributed by atoms with Gasteiger partial charge in [-0.25, -0.2) is 0 Å². The Bertz CT molecular complexity index is 125. The van der Waals surface area contributed by atoms with E-state index in [-0.39, 0.29) is 0 Å². The molecule has 0 saturated carbocycles. The fourth-order valence-corrected chi connectivity index (χ4v) is 1.33. The molecule has 0 aromatic heterocycles. The lowest BCUT2D eigenvalue weighted by molar-refractivity contribution is 0.373. The quantitative estimate of drug-likeness (QED) is 0.495. The monoisotopic (exact) mass is 258 g/mol. The Hall–Kier alpha value is 0. The van der Waals surface area contributed by atoms with Crippen LogP contribution in [-0.4, -0.2) is 0 Å². The lowest BCUT2D eigenvalue weighted by Crippen LogP contribution is -2.02. The van der Waals surface area contributed by atoms with E-state index in [0.717, 1.165) is 11.8 Å². The molecule has 0 heterocycles. The molecule has 0 amide bonds. The molecule has 0 spiro atoms. The second-order valence-electron chi connectivity index (χ2n) is 7.30.